The Labute approximate surface area is 170 Å². The fraction of sp³-hybridized carbons (Fsp3) is 0.381. The van der Waals surface area contributed by atoms with Gasteiger partial charge in [-0.1, -0.05) is 6.07 Å². The fourth-order valence-electron chi connectivity index (χ4n) is 3.88. The van der Waals surface area contributed by atoms with Crippen LogP contribution in [-0.2, 0) is 23.0 Å². The van der Waals surface area contributed by atoms with Crippen molar-refractivity contribution in [3.63, 3.8) is 0 Å². The SMILES string of the molecule is CCn1cc(CCN2CCN(S(=O)(=O)c3cccc(F)c3)CC2)c2cccnc21. The first-order valence-corrected chi connectivity index (χ1v) is 11.3. The number of piperazine rings is 1. The van der Waals surface area contributed by atoms with Crippen molar-refractivity contribution in [3.8, 4) is 0 Å². The minimum atomic E-state index is -3.65. The maximum absolute atomic E-state index is 13.4. The standard InChI is InChI=1S/C21H25FN4O2S/c1-2-25-16-17(20-7-4-9-23-21(20)25)8-10-24-11-13-26(14-12-24)29(27,28)19-6-3-5-18(22)15-19/h3-7,9,15-16H,2,8,10-14H2,1H3. The van der Waals surface area contributed by atoms with Gasteiger partial charge in [0, 0.05) is 57.0 Å². The molecule has 0 bridgehead atoms. The normalized spacial score (nSPS) is 16.5. The van der Waals surface area contributed by atoms with E-state index in [0.29, 0.717) is 26.2 Å². The number of rotatable bonds is 6. The molecule has 6 nitrogen and oxygen atoms in total. The van der Waals surface area contributed by atoms with Crippen molar-refractivity contribution in [2.45, 2.75) is 24.8 Å². The van der Waals surface area contributed by atoms with Gasteiger partial charge in [-0.15, -0.1) is 0 Å². The van der Waals surface area contributed by atoms with Gasteiger partial charge in [-0.2, -0.15) is 4.31 Å². The molecular formula is C21H25FN4O2S. The molecular weight excluding hydrogens is 391 g/mol. The van der Waals surface area contributed by atoms with Gasteiger partial charge >= 0.3 is 0 Å². The lowest BCUT2D eigenvalue weighted by molar-refractivity contribution is 0.190. The van der Waals surface area contributed by atoms with E-state index in [1.54, 1.807) is 0 Å². The summed E-state index contributed by atoms with van der Waals surface area (Å²) in [5, 5.41) is 1.18. The zero-order valence-electron chi connectivity index (χ0n) is 16.5. The molecule has 1 fully saturated rings. The lowest BCUT2D eigenvalue weighted by Gasteiger charge is -2.34. The number of halogens is 1. The minimum Gasteiger partial charge on any atom is -0.333 e. The number of pyridine rings is 1. The molecule has 1 aliphatic heterocycles. The van der Waals surface area contributed by atoms with E-state index in [4.69, 9.17) is 0 Å². The highest BCUT2D eigenvalue weighted by Gasteiger charge is 2.28. The molecule has 0 aliphatic carbocycles. The second-order valence-electron chi connectivity index (χ2n) is 7.27. The van der Waals surface area contributed by atoms with Crippen molar-refractivity contribution < 1.29 is 12.8 Å². The number of nitrogens with zero attached hydrogens (tertiary/aromatic N) is 4. The molecule has 0 amide bonds. The lowest BCUT2D eigenvalue weighted by atomic mass is 10.1. The summed E-state index contributed by atoms with van der Waals surface area (Å²) in [6.07, 6.45) is 4.88. The van der Waals surface area contributed by atoms with E-state index in [1.165, 1.54) is 33.5 Å². The summed E-state index contributed by atoms with van der Waals surface area (Å²) < 4.78 is 42.5. The molecule has 0 N–H and O–H groups in total. The summed E-state index contributed by atoms with van der Waals surface area (Å²) in [5.41, 5.74) is 2.28. The molecule has 29 heavy (non-hydrogen) atoms. The molecule has 1 aliphatic rings. The van der Waals surface area contributed by atoms with Gasteiger partial charge in [-0.25, -0.2) is 17.8 Å². The molecule has 0 spiro atoms. The van der Waals surface area contributed by atoms with Crippen LogP contribution in [0, 0.1) is 5.82 Å². The Morgan fingerprint density at radius 1 is 1.10 bits per heavy atom. The number of sulfonamides is 1. The summed E-state index contributed by atoms with van der Waals surface area (Å²) in [5.74, 6) is -0.537. The van der Waals surface area contributed by atoms with Crippen LogP contribution < -0.4 is 0 Å². The number of fused-ring (bicyclic) bond motifs is 1. The molecule has 3 aromatic rings. The zero-order valence-corrected chi connectivity index (χ0v) is 17.3. The summed E-state index contributed by atoms with van der Waals surface area (Å²) in [4.78, 5) is 6.79. The Bertz CT molecular complexity index is 1100. The van der Waals surface area contributed by atoms with Gasteiger partial charge in [0.2, 0.25) is 10.0 Å². The van der Waals surface area contributed by atoms with Gasteiger partial charge in [0.15, 0.2) is 0 Å². The lowest BCUT2D eigenvalue weighted by Crippen LogP contribution is -2.49. The Morgan fingerprint density at radius 3 is 2.62 bits per heavy atom. The van der Waals surface area contributed by atoms with Gasteiger partial charge in [-0.05, 0) is 49.2 Å². The maximum Gasteiger partial charge on any atom is 0.243 e. The number of benzene rings is 1. The van der Waals surface area contributed by atoms with Crippen LogP contribution in [0.2, 0.25) is 0 Å². The first kappa shape index (κ1) is 20.0. The second kappa shape index (κ2) is 8.22. The van der Waals surface area contributed by atoms with Crippen LogP contribution in [0.1, 0.15) is 12.5 Å². The topological polar surface area (TPSA) is 58.4 Å². The molecule has 4 rings (SSSR count). The van der Waals surface area contributed by atoms with E-state index in [9.17, 15) is 12.8 Å². The molecule has 3 heterocycles. The van der Waals surface area contributed by atoms with Crippen LogP contribution in [-0.4, -0.2) is 59.9 Å². The molecule has 154 valence electrons. The van der Waals surface area contributed by atoms with Crippen molar-refractivity contribution in [3.05, 3.63) is 60.2 Å². The van der Waals surface area contributed by atoms with Crippen LogP contribution in [0.5, 0.6) is 0 Å². The number of aromatic nitrogens is 2. The van der Waals surface area contributed by atoms with Crippen LogP contribution in [0.25, 0.3) is 11.0 Å². The Hall–Kier alpha value is -2.29. The van der Waals surface area contributed by atoms with E-state index in [1.807, 2.05) is 12.3 Å². The van der Waals surface area contributed by atoms with Crippen LogP contribution >= 0.6 is 0 Å². The highest BCUT2D eigenvalue weighted by atomic mass is 32.2. The van der Waals surface area contributed by atoms with Crippen molar-refractivity contribution in [2.75, 3.05) is 32.7 Å². The monoisotopic (exact) mass is 416 g/mol. The smallest absolute Gasteiger partial charge is 0.243 e. The molecule has 0 unspecified atom stereocenters. The Balaban J connectivity index is 1.38. The number of aryl methyl sites for hydroxylation is 1. The van der Waals surface area contributed by atoms with Crippen LogP contribution in [0.4, 0.5) is 4.39 Å². The summed E-state index contributed by atoms with van der Waals surface area (Å²) >= 11 is 0. The van der Waals surface area contributed by atoms with E-state index in [-0.39, 0.29) is 4.90 Å². The van der Waals surface area contributed by atoms with E-state index >= 15 is 0 Å². The van der Waals surface area contributed by atoms with Crippen LogP contribution in [0.3, 0.4) is 0 Å². The molecule has 0 atom stereocenters. The molecule has 1 aromatic carbocycles. The quantitative estimate of drug-likeness (QED) is 0.620. The second-order valence-corrected chi connectivity index (χ2v) is 9.21. The summed E-state index contributed by atoms with van der Waals surface area (Å²) in [7, 11) is -3.65. The van der Waals surface area contributed by atoms with Gasteiger partial charge in [0.1, 0.15) is 11.5 Å². The van der Waals surface area contributed by atoms with Crippen molar-refractivity contribution in [1.82, 2.24) is 18.8 Å². The van der Waals surface area contributed by atoms with E-state index in [0.717, 1.165) is 31.2 Å². The average Bonchev–Trinajstić information content (AvgIpc) is 3.10. The minimum absolute atomic E-state index is 0.0193. The number of hydrogen-bond acceptors (Lipinski definition) is 4. The van der Waals surface area contributed by atoms with Crippen LogP contribution in [0.15, 0.2) is 53.7 Å². The Kier molecular flexibility index (Phi) is 5.67. The first-order chi connectivity index (χ1) is 14.0. The fourth-order valence-corrected chi connectivity index (χ4v) is 5.34. The zero-order chi connectivity index (χ0) is 20.4. The highest BCUT2D eigenvalue weighted by Crippen LogP contribution is 2.21. The van der Waals surface area contributed by atoms with Gasteiger partial charge < -0.3 is 9.47 Å². The average molecular weight is 417 g/mol. The van der Waals surface area contributed by atoms with Gasteiger partial charge in [0.25, 0.3) is 0 Å². The third-order valence-electron chi connectivity index (χ3n) is 5.52. The first-order valence-electron chi connectivity index (χ1n) is 9.90. The third kappa shape index (κ3) is 4.05. The van der Waals surface area contributed by atoms with Crippen molar-refractivity contribution in [2.24, 2.45) is 0 Å². The highest BCUT2D eigenvalue weighted by molar-refractivity contribution is 7.89. The van der Waals surface area contributed by atoms with Crippen molar-refractivity contribution in [1.29, 1.82) is 0 Å². The molecule has 1 saturated heterocycles. The van der Waals surface area contributed by atoms with E-state index in [2.05, 4.69) is 33.6 Å². The molecule has 8 heteroatoms. The summed E-state index contributed by atoms with van der Waals surface area (Å²) in [6.45, 7) is 6.01. The molecule has 2 aromatic heterocycles. The molecule has 0 saturated carbocycles. The maximum atomic E-state index is 13.4. The Morgan fingerprint density at radius 2 is 1.90 bits per heavy atom. The third-order valence-corrected chi connectivity index (χ3v) is 7.41. The van der Waals surface area contributed by atoms with Crippen molar-refractivity contribution >= 4 is 21.1 Å². The molecule has 0 radical (unpaired) electrons. The van der Waals surface area contributed by atoms with Gasteiger partial charge in [0.05, 0.1) is 4.90 Å². The largest absolute Gasteiger partial charge is 0.333 e. The predicted octanol–water partition coefficient (Wildman–Crippen LogP) is 2.74. The number of hydrogen-bond donors (Lipinski definition) is 0. The predicted molar refractivity (Wildman–Crippen MR) is 111 cm³/mol. The van der Waals surface area contributed by atoms with E-state index < -0.39 is 15.8 Å². The van der Waals surface area contributed by atoms with Gasteiger partial charge in [-0.3, -0.25) is 0 Å². The summed E-state index contributed by atoms with van der Waals surface area (Å²) in [6, 6.07) is 9.28.